The van der Waals surface area contributed by atoms with Gasteiger partial charge in [0.15, 0.2) is 5.65 Å². The molecule has 0 bridgehead atoms. The lowest BCUT2D eigenvalue weighted by Gasteiger charge is -2.28. The number of aromatic nitrogens is 3. The molecule has 108 valence electrons. The minimum atomic E-state index is 0.332. The van der Waals surface area contributed by atoms with E-state index in [1.165, 1.54) is 0 Å². The molecule has 0 radical (unpaired) electrons. The third-order valence-electron chi connectivity index (χ3n) is 4.14. The van der Waals surface area contributed by atoms with Crippen LogP contribution in [0, 0.1) is 0 Å². The molecule has 3 rings (SSSR count). The summed E-state index contributed by atoms with van der Waals surface area (Å²) in [5, 5.41) is 7.85. The SMILES string of the molecule is CCNc1c(C2CCC(N)CC2)c(N)nn2ccnc12. The van der Waals surface area contributed by atoms with Crippen LogP contribution in [0.2, 0.25) is 0 Å². The van der Waals surface area contributed by atoms with E-state index in [-0.39, 0.29) is 0 Å². The van der Waals surface area contributed by atoms with Crippen molar-refractivity contribution in [3.63, 3.8) is 0 Å². The zero-order valence-electron chi connectivity index (χ0n) is 11.8. The van der Waals surface area contributed by atoms with E-state index in [4.69, 9.17) is 11.5 Å². The fourth-order valence-corrected chi connectivity index (χ4v) is 3.15. The van der Waals surface area contributed by atoms with Crippen molar-refractivity contribution in [2.24, 2.45) is 5.73 Å². The van der Waals surface area contributed by atoms with E-state index in [9.17, 15) is 0 Å². The van der Waals surface area contributed by atoms with E-state index in [0.717, 1.165) is 49.1 Å². The fourth-order valence-electron chi connectivity index (χ4n) is 3.15. The minimum Gasteiger partial charge on any atom is -0.382 e. The van der Waals surface area contributed by atoms with Gasteiger partial charge in [-0.05, 0) is 38.5 Å². The van der Waals surface area contributed by atoms with Crippen molar-refractivity contribution in [3.05, 3.63) is 18.0 Å². The molecule has 0 unspecified atom stereocenters. The zero-order valence-corrected chi connectivity index (χ0v) is 11.8. The van der Waals surface area contributed by atoms with Gasteiger partial charge in [0.05, 0.1) is 5.69 Å². The van der Waals surface area contributed by atoms with E-state index in [1.54, 1.807) is 10.7 Å². The predicted octanol–water partition coefficient (Wildman–Crippen LogP) is 1.73. The Morgan fingerprint density at radius 1 is 1.35 bits per heavy atom. The summed E-state index contributed by atoms with van der Waals surface area (Å²) in [4.78, 5) is 4.41. The molecule has 0 aliphatic heterocycles. The first kappa shape index (κ1) is 13.2. The van der Waals surface area contributed by atoms with Crippen molar-refractivity contribution >= 4 is 17.2 Å². The lowest BCUT2D eigenvalue weighted by atomic mass is 9.81. The molecule has 1 aliphatic rings. The van der Waals surface area contributed by atoms with Crippen LogP contribution in [-0.4, -0.2) is 27.2 Å². The molecule has 6 nitrogen and oxygen atoms in total. The van der Waals surface area contributed by atoms with Crippen molar-refractivity contribution in [1.82, 2.24) is 14.6 Å². The minimum absolute atomic E-state index is 0.332. The number of nitrogens with one attached hydrogen (secondary N) is 1. The first-order valence-corrected chi connectivity index (χ1v) is 7.32. The van der Waals surface area contributed by atoms with Crippen LogP contribution < -0.4 is 16.8 Å². The summed E-state index contributed by atoms with van der Waals surface area (Å²) in [6, 6.07) is 0.332. The van der Waals surface area contributed by atoms with Crippen molar-refractivity contribution in [1.29, 1.82) is 0 Å². The van der Waals surface area contributed by atoms with Gasteiger partial charge >= 0.3 is 0 Å². The fraction of sp³-hybridized carbons (Fsp3) is 0.571. The molecule has 1 saturated carbocycles. The second kappa shape index (κ2) is 5.28. The van der Waals surface area contributed by atoms with Crippen molar-refractivity contribution in [2.75, 3.05) is 17.6 Å². The largest absolute Gasteiger partial charge is 0.382 e. The Morgan fingerprint density at radius 3 is 2.80 bits per heavy atom. The maximum Gasteiger partial charge on any atom is 0.177 e. The van der Waals surface area contributed by atoms with Gasteiger partial charge < -0.3 is 16.8 Å². The van der Waals surface area contributed by atoms with Crippen LogP contribution in [-0.2, 0) is 0 Å². The molecule has 0 atom stereocenters. The Labute approximate surface area is 118 Å². The highest BCUT2D eigenvalue weighted by Gasteiger charge is 2.26. The number of nitrogen functional groups attached to an aromatic ring is 1. The molecule has 2 heterocycles. The average Bonchev–Trinajstić information content (AvgIpc) is 2.88. The summed E-state index contributed by atoms with van der Waals surface area (Å²) in [6.07, 6.45) is 7.82. The molecule has 6 heteroatoms. The monoisotopic (exact) mass is 274 g/mol. The van der Waals surface area contributed by atoms with Gasteiger partial charge in [0.1, 0.15) is 5.82 Å². The van der Waals surface area contributed by atoms with Crippen LogP contribution in [0.15, 0.2) is 12.4 Å². The van der Waals surface area contributed by atoms with Crippen LogP contribution in [0.4, 0.5) is 11.5 Å². The van der Waals surface area contributed by atoms with Crippen molar-refractivity contribution in [2.45, 2.75) is 44.6 Å². The van der Waals surface area contributed by atoms with E-state index in [2.05, 4.69) is 22.3 Å². The highest BCUT2D eigenvalue weighted by molar-refractivity contribution is 5.76. The van der Waals surface area contributed by atoms with Gasteiger partial charge in [-0.3, -0.25) is 0 Å². The standard InChI is InChI=1S/C14H22N6/c1-2-17-12-11(9-3-5-10(15)6-4-9)13(16)19-20-8-7-18-14(12)20/h7-10,17H,2-6,15H2,1H3,(H2,16,19). The number of fused-ring (bicyclic) bond motifs is 1. The van der Waals surface area contributed by atoms with Gasteiger partial charge in [0.2, 0.25) is 0 Å². The average molecular weight is 274 g/mol. The van der Waals surface area contributed by atoms with Gasteiger partial charge in [-0.2, -0.15) is 0 Å². The lowest BCUT2D eigenvalue weighted by Crippen LogP contribution is -2.26. The van der Waals surface area contributed by atoms with E-state index < -0.39 is 0 Å². The lowest BCUT2D eigenvalue weighted by molar-refractivity contribution is 0.396. The molecule has 2 aromatic heterocycles. The topological polar surface area (TPSA) is 94.3 Å². The van der Waals surface area contributed by atoms with Gasteiger partial charge in [-0.15, -0.1) is 5.10 Å². The molecular formula is C14H22N6. The number of imidazole rings is 1. The van der Waals surface area contributed by atoms with Crippen molar-refractivity contribution < 1.29 is 0 Å². The van der Waals surface area contributed by atoms with Crippen LogP contribution >= 0.6 is 0 Å². The Bertz CT molecular complexity index is 597. The summed E-state index contributed by atoms with van der Waals surface area (Å²) < 4.78 is 1.74. The summed E-state index contributed by atoms with van der Waals surface area (Å²) in [5.41, 5.74) is 15.2. The van der Waals surface area contributed by atoms with Gasteiger partial charge in [0.25, 0.3) is 0 Å². The summed E-state index contributed by atoms with van der Waals surface area (Å²) in [7, 11) is 0. The normalized spacial score (nSPS) is 23.1. The molecule has 1 aliphatic carbocycles. The van der Waals surface area contributed by atoms with Crippen LogP contribution in [0.25, 0.3) is 5.65 Å². The predicted molar refractivity (Wildman–Crippen MR) is 80.7 cm³/mol. The van der Waals surface area contributed by atoms with Crippen LogP contribution in [0.3, 0.4) is 0 Å². The second-order valence-electron chi connectivity index (χ2n) is 5.51. The molecule has 0 saturated heterocycles. The Kier molecular flexibility index (Phi) is 3.48. The highest BCUT2D eigenvalue weighted by Crippen LogP contribution is 2.39. The maximum atomic E-state index is 6.21. The Balaban J connectivity index is 2.07. The second-order valence-corrected chi connectivity index (χ2v) is 5.51. The molecular weight excluding hydrogens is 252 g/mol. The van der Waals surface area contributed by atoms with Crippen LogP contribution in [0.5, 0.6) is 0 Å². The van der Waals surface area contributed by atoms with Crippen LogP contribution in [0.1, 0.15) is 44.1 Å². The maximum absolute atomic E-state index is 6.21. The van der Waals surface area contributed by atoms with E-state index in [0.29, 0.717) is 17.8 Å². The summed E-state index contributed by atoms with van der Waals surface area (Å²) >= 11 is 0. The molecule has 20 heavy (non-hydrogen) atoms. The van der Waals surface area contributed by atoms with Gasteiger partial charge in [-0.1, -0.05) is 0 Å². The van der Waals surface area contributed by atoms with Gasteiger partial charge in [-0.25, -0.2) is 9.50 Å². The molecule has 1 fully saturated rings. The highest BCUT2D eigenvalue weighted by atomic mass is 15.3. The smallest absolute Gasteiger partial charge is 0.177 e. The number of rotatable bonds is 3. The van der Waals surface area contributed by atoms with Crippen molar-refractivity contribution in [3.8, 4) is 0 Å². The molecule has 2 aromatic rings. The quantitative estimate of drug-likeness (QED) is 0.792. The summed E-state index contributed by atoms with van der Waals surface area (Å²) in [6.45, 7) is 2.92. The van der Waals surface area contributed by atoms with E-state index >= 15 is 0 Å². The zero-order chi connectivity index (χ0) is 14.1. The summed E-state index contributed by atoms with van der Waals surface area (Å²) in [5.74, 6) is 1.03. The first-order chi connectivity index (χ1) is 9.70. The number of hydrogen-bond donors (Lipinski definition) is 3. The molecule has 5 N–H and O–H groups in total. The number of nitrogens with zero attached hydrogens (tertiary/aromatic N) is 3. The first-order valence-electron chi connectivity index (χ1n) is 7.32. The number of anilines is 2. The number of nitrogens with two attached hydrogens (primary N) is 2. The molecule has 0 amide bonds. The Morgan fingerprint density at radius 2 is 2.10 bits per heavy atom. The Hall–Kier alpha value is -1.82. The van der Waals surface area contributed by atoms with E-state index in [1.807, 2.05) is 6.20 Å². The third-order valence-corrected chi connectivity index (χ3v) is 4.14. The number of hydrogen-bond acceptors (Lipinski definition) is 5. The molecule has 0 aromatic carbocycles. The van der Waals surface area contributed by atoms with Gasteiger partial charge in [0, 0.05) is 30.5 Å². The molecule has 0 spiro atoms. The third kappa shape index (κ3) is 2.20.